The average molecular weight is 328 g/mol. The molecule has 1 aromatic rings. The molecule has 0 aliphatic carbocycles. The molecule has 0 heterocycles. The van der Waals surface area contributed by atoms with Crippen molar-refractivity contribution in [2.45, 2.75) is 20.8 Å². The number of rotatable bonds is 6. The van der Waals surface area contributed by atoms with Gasteiger partial charge in [-0.2, -0.15) is 0 Å². The van der Waals surface area contributed by atoms with Crippen LogP contribution in [0.1, 0.15) is 31.1 Å². The third-order valence-corrected chi connectivity index (χ3v) is 2.46. The molecule has 0 fully saturated rings. The van der Waals surface area contributed by atoms with Crippen LogP contribution in [0.4, 0.5) is 4.79 Å². The molecule has 8 nitrogen and oxygen atoms in total. The van der Waals surface area contributed by atoms with Crippen LogP contribution in [0.25, 0.3) is 0 Å². The van der Waals surface area contributed by atoms with E-state index in [1.807, 2.05) is 20.8 Å². The van der Waals surface area contributed by atoms with E-state index >= 15 is 0 Å². The standard InChI is InChI=1S/C15H20O8/c1-15(2,3)9-20-14(17)22-23-21-13(16)11-7-6-10(18-4)8-12(11)19-5/h6-8H,9H2,1-5H3. The lowest BCUT2D eigenvalue weighted by Gasteiger charge is -2.16. The first-order valence-electron chi connectivity index (χ1n) is 6.71. The summed E-state index contributed by atoms with van der Waals surface area (Å²) in [5, 5.41) is 4.12. The van der Waals surface area contributed by atoms with Gasteiger partial charge in [0.15, 0.2) is 0 Å². The summed E-state index contributed by atoms with van der Waals surface area (Å²) in [6.07, 6.45) is -1.12. The molecule has 0 aliphatic rings. The van der Waals surface area contributed by atoms with Gasteiger partial charge in [0.1, 0.15) is 17.1 Å². The summed E-state index contributed by atoms with van der Waals surface area (Å²) < 4.78 is 14.8. The predicted molar refractivity (Wildman–Crippen MR) is 77.9 cm³/mol. The molecule has 8 heteroatoms. The number of carbonyl (C=O) groups excluding carboxylic acids is 2. The highest BCUT2D eigenvalue weighted by Crippen LogP contribution is 2.25. The Morgan fingerprint density at radius 1 is 1.04 bits per heavy atom. The smallest absolute Gasteiger partial charge is 0.497 e. The van der Waals surface area contributed by atoms with Crippen LogP contribution in [-0.2, 0) is 19.6 Å². The molecule has 0 amide bonds. The maximum Gasteiger partial charge on any atom is 0.543 e. The molecular weight excluding hydrogens is 308 g/mol. The highest BCUT2D eigenvalue weighted by Gasteiger charge is 2.19. The SMILES string of the molecule is COc1ccc(C(=O)OOOC(=O)OCC(C)(C)C)c(OC)c1. The van der Waals surface area contributed by atoms with E-state index in [1.165, 1.54) is 32.4 Å². The van der Waals surface area contributed by atoms with E-state index in [1.54, 1.807) is 0 Å². The van der Waals surface area contributed by atoms with Crippen molar-refractivity contribution in [2.75, 3.05) is 20.8 Å². The molecular formula is C15H20O8. The van der Waals surface area contributed by atoms with Gasteiger partial charge in [0.2, 0.25) is 0 Å². The molecule has 23 heavy (non-hydrogen) atoms. The maximum absolute atomic E-state index is 11.8. The number of hydrogen-bond acceptors (Lipinski definition) is 8. The van der Waals surface area contributed by atoms with E-state index in [4.69, 9.17) is 14.2 Å². The molecule has 1 rings (SSSR count). The first-order valence-corrected chi connectivity index (χ1v) is 6.71. The Hall–Kier alpha value is -2.48. The van der Waals surface area contributed by atoms with Gasteiger partial charge in [-0.05, 0) is 17.5 Å². The van der Waals surface area contributed by atoms with E-state index in [9.17, 15) is 9.59 Å². The topological polar surface area (TPSA) is 89.5 Å². The maximum atomic E-state index is 11.8. The van der Waals surface area contributed by atoms with Crippen LogP contribution in [0.3, 0.4) is 0 Å². The first kappa shape index (κ1) is 18.6. The fraction of sp³-hybridized carbons (Fsp3) is 0.467. The molecule has 0 saturated carbocycles. The van der Waals surface area contributed by atoms with Crippen molar-refractivity contribution in [3.8, 4) is 11.5 Å². The molecule has 0 spiro atoms. The summed E-state index contributed by atoms with van der Waals surface area (Å²) in [7, 11) is 2.86. The largest absolute Gasteiger partial charge is 0.543 e. The van der Waals surface area contributed by atoms with E-state index < -0.39 is 12.1 Å². The predicted octanol–water partition coefficient (Wildman–Crippen LogP) is 2.91. The number of hydrogen-bond donors (Lipinski definition) is 0. The molecule has 0 aliphatic heterocycles. The van der Waals surface area contributed by atoms with Gasteiger partial charge in [-0.3, -0.25) is 4.89 Å². The van der Waals surface area contributed by atoms with Crippen molar-refractivity contribution in [3.63, 3.8) is 0 Å². The third-order valence-electron chi connectivity index (χ3n) is 2.46. The molecule has 128 valence electrons. The Morgan fingerprint density at radius 2 is 1.74 bits per heavy atom. The molecule has 0 aromatic heterocycles. The van der Waals surface area contributed by atoms with Gasteiger partial charge in [-0.25, -0.2) is 14.5 Å². The molecule has 0 saturated heterocycles. The summed E-state index contributed by atoms with van der Waals surface area (Å²) in [4.78, 5) is 31.6. The third kappa shape index (κ3) is 6.43. The summed E-state index contributed by atoms with van der Waals surface area (Å²) in [6.45, 7) is 5.74. The second kappa shape index (κ2) is 8.23. The normalized spacial score (nSPS) is 10.7. The van der Waals surface area contributed by atoms with Crippen molar-refractivity contribution >= 4 is 12.1 Å². The van der Waals surface area contributed by atoms with Crippen LogP contribution in [0, 0.1) is 5.41 Å². The van der Waals surface area contributed by atoms with Crippen LogP contribution in [0.5, 0.6) is 11.5 Å². The Bertz CT molecular complexity index is 547. The summed E-state index contributed by atoms with van der Waals surface area (Å²) in [5.41, 5.74) is -0.161. The molecule has 0 bridgehead atoms. The number of carbonyl (C=O) groups is 2. The highest BCUT2D eigenvalue weighted by molar-refractivity contribution is 5.92. The quantitative estimate of drug-likeness (QED) is 0.447. The van der Waals surface area contributed by atoms with Crippen molar-refractivity contribution in [1.82, 2.24) is 0 Å². The fourth-order valence-electron chi connectivity index (χ4n) is 1.39. The van der Waals surface area contributed by atoms with Crippen molar-refractivity contribution in [2.24, 2.45) is 5.41 Å². The van der Waals surface area contributed by atoms with Gasteiger partial charge in [0.25, 0.3) is 0 Å². The Kier molecular flexibility index (Phi) is 6.65. The van der Waals surface area contributed by atoms with Crippen LogP contribution in [0.15, 0.2) is 18.2 Å². The zero-order valence-electron chi connectivity index (χ0n) is 13.7. The highest BCUT2D eigenvalue weighted by atomic mass is 17.5. The number of benzene rings is 1. The molecule has 0 unspecified atom stereocenters. The van der Waals surface area contributed by atoms with Gasteiger partial charge in [0.05, 0.1) is 25.9 Å². The van der Waals surface area contributed by atoms with E-state index in [0.717, 1.165) is 0 Å². The number of ether oxygens (including phenoxy) is 3. The lowest BCUT2D eigenvalue weighted by Crippen LogP contribution is -2.19. The average Bonchev–Trinajstić information content (AvgIpc) is 2.51. The minimum Gasteiger partial charge on any atom is -0.497 e. The van der Waals surface area contributed by atoms with E-state index in [0.29, 0.717) is 5.75 Å². The first-order chi connectivity index (χ1) is 10.8. The number of methoxy groups -OCH3 is 2. The minimum atomic E-state index is -1.12. The molecule has 0 radical (unpaired) electrons. The van der Waals surface area contributed by atoms with Gasteiger partial charge in [-0.1, -0.05) is 20.8 Å². The summed E-state index contributed by atoms with van der Waals surface area (Å²) in [6, 6.07) is 4.45. The van der Waals surface area contributed by atoms with Gasteiger partial charge in [-0.15, -0.1) is 0 Å². The van der Waals surface area contributed by atoms with Crippen LogP contribution in [0.2, 0.25) is 0 Å². The zero-order chi connectivity index (χ0) is 17.5. The Balaban J connectivity index is 2.50. The molecule has 1 aromatic carbocycles. The lowest BCUT2D eigenvalue weighted by atomic mass is 9.99. The zero-order valence-corrected chi connectivity index (χ0v) is 13.7. The Morgan fingerprint density at radius 3 is 2.30 bits per heavy atom. The fourth-order valence-corrected chi connectivity index (χ4v) is 1.39. The van der Waals surface area contributed by atoms with Crippen LogP contribution >= 0.6 is 0 Å². The van der Waals surface area contributed by atoms with Crippen LogP contribution in [-0.4, -0.2) is 33.0 Å². The Labute approximate surface area is 134 Å². The summed E-state index contributed by atoms with van der Waals surface area (Å²) >= 11 is 0. The second-order valence-corrected chi connectivity index (χ2v) is 5.69. The summed E-state index contributed by atoms with van der Waals surface area (Å²) in [5.74, 6) is -0.192. The van der Waals surface area contributed by atoms with E-state index in [-0.39, 0.29) is 23.3 Å². The van der Waals surface area contributed by atoms with E-state index in [2.05, 4.69) is 14.8 Å². The molecule has 0 atom stereocenters. The van der Waals surface area contributed by atoms with Crippen molar-refractivity contribution in [3.05, 3.63) is 23.8 Å². The minimum absolute atomic E-state index is 0.0694. The molecule has 0 N–H and O–H groups in total. The van der Waals surface area contributed by atoms with Crippen LogP contribution < -0.4 is 9.47 Å². The van der Waals surface area contributed by atoms with Crippen molar-refractivity contribution in [1.29, 1.82) is 0 Å². The monoisotopic (exact) mass is 328 g/mol. The van der Waals surface area contributed by atoms with Crippen molar-refractivity contribution < 1.29 is 38.6 Å². The lowest BCUT2D eigenvalue weighted by molar-refractivity contribution is -0.452. The van der Waals surface area contributed by atoms with Gasteiger partial charge in [0, 0.05) is 6.07 Å². The van der Waals surface area contributed by atoms with Gasteiger partial charge >= 0.3 is 12.1 Å². The second-order valence-electron chi connectivity index (χ2n) is 5.69. The van der Waals surface area contributed by atoms with Gasteiger partial charge < -0.3 is 14.2 Å².